The molecule has 0 saturated carbocycles. The average molecular weight is 515 g/mol. The van der Waals surface area contributed by atoms with Gasteiger partial charge >= 0.3 is 6.18 Å². The highest BCUT2D eigenvalue weighted by molar-refractivity contribution is 7.98. The van der Waals surface area contributed by atoms with E-state index < -0.39 is 11.7 Å². The summed E-state index contributed by atoms with van der Waals surface area (Å²) in [6.45, 7) is 0. The van der Waals surface area contributed by atoms with Crippen molar-refractivity contribution in [3.63, 3.8) is 0 Å². The topological polar surface area (TPSA) is 66.0 Å². The summed E-state index contributed by atoms with van der Waals surface area (Å²) in [6, 6.07) is 16.2. The van der Waals surface area contributed by atoms with Crippen molar-refractivity contribution in [2.45, 2.75) is 17.1 Å². The number of oxazole rings is 1. The summed E-state index contributed by atoms with van der Waals surface area (Å²) in [5.41, 5.74) is 1.17. The molecular formula is C24H17F3N4O2S2. The van der Waals surface area contributed by atoms with Crippen molar-refractivity contribution in [2.75, 3.05) is 7.11 Å². The molecule has 0 amide bonds. The number of alkyl halides is 3. The third-order valence-corrected chi connectivity index (χ3v) is 6.89. The number of benzene rings is 2. The van der Waals surface area contributed by atoms with Crippen LogP contribution in [-0.2, 0) is 11.9 Å². The van der Waals surface area contributed by atoms with Crippen LogP contribution >= 0.6 is 23.1 Å². The van der Waals surface area contributed by atoms with E-state index in [-0.39, 0.29) is 5.89 Å². The molecule has 0 fully saturated rings. The standard InChI is InChI=1S/C24H17F3N4O2S2/c1-32-19-6-3-2-5-18(19)31-21(20-7-4-12-34-20)29-30-23(31)35-14-17-13-33-22(28-17)15-8-10-16(11-9-15)24(25,26)27/h2-13H,14H2,1H3. The fraction of sp³-hybridized carbons (Fsp3) is 0.125. The van der Waals surface area contributed by atoms with Gasteiger partial charge in [-0.15, -0.1) is 21.5 Å². The van der Waals surface area contributed by atoms with Gasteiger partial charge in [0, 0.05) is 11.3 Å². The maximum absolute atomic E-state index is 12.8. The van der Waals surface area contributed by atoms with Crippen LogP contribution in [0.2, 0.25) is 0 Å². The molecule has 5 rings (SSSR count). The SMILES string of the molecule is COc1ccccc1-n1c(SCc2coc(-c3ccc(C(F)(F)F)cc3)n2)nnc1-c1cccs1. The molecule has 3 aromatic heterocycles. The lowest BCUT2D eigenvalue weighted by Gasteiger charge is -2.13. The molecule has 5 aromatic rings. The molecule has 0 aliphatic rings. The number of hydrogen-bond donors (Lipinski definition) is 0. The van der Waals surface area contributed by atoms with Crippen molar-refractivity contribution in [1.82, 2.24) is 19.7 Å². The first-order chi connectivity index (χ1) is 16.9. The number of ether oxygens (including phenoxy) is 1. The highest BCUT2D eigenvalue weighted by Crippen LogP contribution is 2.35. The van der Waals surface area contributed by atoms with Gasteiger partial charge in [-0.3, -0.25) is 4.57 Å². The number of nitrogens with zero attached hydrogens (tertiary/aromatic N) is 4. The molecule has 3 heterocycles. The number of methoxy groups -OCH3 is 1. The van der Waals surface area contributed by atoms with Gasteiger partial charge in [-0.05, 0) is 47.8 Å². The lowest BCUT2D eigenvalue weighted by atomic mass is 10.1. The molecule has 0 aliphatic heterocycles. The van der Waals surface area contributed by atoms with E-state index in [1.807, 2.05) is 46.3 Å². The van der Waals surface area contributed by atoms with E-state index in [1.54, 1.807) is 18.4 Å². The monoisotopic (exact) mass is 514 g/mol. The summed E-state index contributed by atoms with van der Waals surface area (Å²) < 4.78 is 51.5. The highest BCUT2D eigenvalue weighted by atomic mass is 32.2. The number of hydrogen-bond acceptors (Lipinski definition) is 7. The molecule has 0 atom stereocenters. The normalized spacial score (nSPS) is 11.7. The van der Waals surface area contributed by atoms with Gasteiger partial charge in [-0.2, -0.15) is 13.2 Å². The Morgan fingerprint density at radius 2 is 1.83 bits per heavy atom. The van der Waals surface area contributed by atoms with Crippen LogP contribution < -0.4 is 4.74 Å². The first-order valence-corrected chi connectivity index (χ1v) is 12.2. The first-order valence-electron chi connectivity index (χ1n) is 10.3. The maximum Gasteiger partial charge on any atom is 0.416 e. The van der Waals surface area contributed by atoms with E-state index in [2.05, 4.69) is 15.2 Å². The van der Waals surface area contributed by atoms with E-state index in [9.17, 15) is 13.2 Å². The molecule has 0 radical (unpaired) electrons. The van der Waals surface area contributed by atoms with Crippen LogP contribution in [0.5, 0.6) is 5.75 Å². The zero-order chi connectivity index (χ0) is 24.4. The van der Waals surface area contributed by atoms with E-state index in [0.717, 1.165) is 22.7 Å². The fourth-order valence-corrected chi connectivity index (χ4v) is 4.93. The van der Waals surface area contributed by atoms with Crippen LogP contribution in [0, 0.1) is 0 Å². The molecule has 178 valence electrons. The summed E-state index contributed by atoms with van der Waals surface area (Å²) in [7, 11) is 1.61. The summed E-state index contributed by atoms with van der Waals surface area (Å²) >= 11 is 2.97. The minimum atomic E-state index is -4.39. The van der Waals surface area contributed by atoms with Crippen LogP contribution in [0.3, 0.4) is 0 Å². The Labute approximate surface area is 206 Å². The van der Waals surface area contributed by atoms with Gasteiger partial charge < -0.3 is 9.15 Å². The van der Waals surface area contributed by atoms with Crippen LogP contribution in [0.4, 0.5) is 13.2 Å². The first kappa shape index (κ1) is 23.2. The Balaban J connectivity index is 1.41. The number of para-hydroxylation sites is 2. The fourth-order valence-electron chi connectivity index (χ4n) is 3.41. The van der Waals surface area contributed by atoms with E-state index in [1.165, 1.54) is 30.2 Å². The quantitative estimate of drug-likeness (QED) is 0.219. The molecule has 35 heavy (non-hydrogen) atoms. The van der Waals surface area contributed by atoms with Crippen molar-refractivity contribution in [3.05, 3.63) is 83.6 Å². The zero-order valence-corrected chi connectivity index (χ0v) is 19.8. The number of aromatic nitrogens is 4. The second kappa shape index (κ2) is 9.59. The minimum absolute atomic E-state index is 0.250. The highest BCUT2D eigenvalue weighted by Gasteiger charge is 2.30. The van der Waals surface area contributed by atoms with Crippen molar-refractivity contribution in [3.8, 4) is 33.6 Å². The lowest BCUT2D eigenvalue weighted by molar-refractivity contribution is -0.137. The molecule has 0 bridgehead atoms. The van der Waals surface area contributed by atoms with Crippen molar-refractivity contribution < 1.29 is 22.3 Å². The second-order valence-electron chi connectivity index (χ2n) is 7.30. The molecular weight excluding hydrogens is 497 g/mol. The Morgan fingerprint density at radius 1 is 1.03 bits per heavy atom. The van der Waals surface area contributed by atoms with Gasteiger partial charge in [-0.1, -0.05) is 30.0 Å². The zero-order valence-electron chi connectivity index (χ0n) is 18.2. The largest absolute Gasteiger partial charge is 0.495 e. The van der Waals surface area contributed by atoms with Crippen LogP contribution in [0.15, 0.2) is 81.9 Å². The van der Waals surface area contributed by atoms with Crippen molar-refractivity contribution in [2.24, 2.45) is 0 Å². The number of halogens is 3. The van der Waals surface area contributed by atoms with Gasteiger partial charge in [-0.25, -0.2) is 4.98 Å². The third-order valence-electron chi connectivity index (χ3n) is 5.06. The molecule has 2 aromatic carbocycles. The average Bonchev–Trinajstić information content (AvgIpc) is 3.63. The number of thioether (sulfide) groups is 1. The van der Waals surface area contributed by atoms with Gasteiger partial charge in [0.1, 0.15) is 12.0 Å². The molecule has 0 saturated heterocycles. The van der Waals surface area contributed by atoms with Gasteiger partial charge in [0.2, 0.25) is 5.89 Å². The Morgan fingerprint density at radius 3 is 2.54 bits per heavy atom. The molecule has 11 heteroatoms. The predicted molar refractivity (Wildman–Crippen MR) is 128 cm³/mol. The Kier molecular flexibility index (Phi) is 6.35. The van der Waals surface area contributed by atoms with E-state index >= 15 is 0 Å². The minimum Gasteiger partial charge on any atom is -0.495 e. The van der Waals surface area contributed by atoms with Crippen molar-refractivity contribution in [1.29, 1.82) is 0 Å². The molecule has 6 nitrogen and oxygen atoms in total. The molecule has 0 N–H and O–H groups in total. The van der Waals surface area contributed by atoms with E-state index in [4.69, 9.17) is 9.15 Å². The number of rotatable bonds is 7. The van der Waals surface area contributed by atoms with Crippen LogP contribution in [-0.4, -0.2) is 26.9 Å². The van der Waals surface area contributed by atoms with Crippen molar-refractivity contribution >= 4 is 23.1 Å². The predicted octanol–water partition coefficient (Wildman–Crippen LogP) is 6.97. The second-order valence-corrected chi connectivity index (χ2v) is 9.19. The maximum atomic E-state index is 12.8. The summed E-state index contributed by atoms with van der Waals surface area (Å²) in [5.74, 6) is 2.04. The lowest BCUT2D eigenvalue weighted by Crippen LogP contribution is -2.04. The summed E-state index contributed by atoms with van der Waals surface area (Å²) in [6.07, 6.45) is -2.90. The van der Waals surface area contributed by atoms with Gasteiger partial charge in [0.25, 0.3) is 0 Å². The summed E-state index contributed by atoms with van der Waals surface area (Å²) in [4.78, 5) is 5.39. The Bertz CT molecular complexity index is 1430. The summed E-state index contributed by atoms with van der Waals surface area (Å²) in [5, 5.41) is 11.4. The third kappa shape index (κ3) is 4.82. The van der Waals surface area contributed by atoms with Crippen LogP contribution in [0.25, 0.3) is 27.8 Å². The molecule has 0 aliphatic carbocycles. The Hall–Kier alpha value is -3.57. The van der Waals surface area contributed by atoms with Crippen LogP contribution in [0.1, 0.15) is 11.3 Å². The van der Waals surface area contributed by atoms with Gasteiger partial charge in [0.05, 0.1) is 28.9 Å². The smallest absolute Gasteiger partial charge is 0.416 e. The van der Waals surface area contributed by atoms with Gasteiger partial charge in [0.15, 0.2) is 11.0 Å². The number of thiophene rings is 1. The van der Waals surface area contributed by atoms with E-state index in [0.29, 0.717) is 33.7 Å². The molecule has 0 spiro atoms. The molecule has 0 unspecified atom stereocenters.